The molecule has 0 radical (unpaired) electrons. The van der Waals surface area contributed by atoms with Crippen LogP contribution in [-0.4, -0.2) is 12.5 Å². The highest BCUT2D eigenvalue weighted by molar-refractivity contribution is 5.94. The van der Waals surface area contributed by atoms with Gasteiger partial charge in [0.1, 0.15) is 11.5 Å². The molecule has 0 spiro atoms. The van der Waals surface area contributed by atoms with Gasteiger partial charge in [0, 0.05) is 23.6 Å². The van der Waals surface area contributed by atoms with Gasteiger partial charge in [-0.1, -0.05) is 26.0 Å². The number of hydrogen-bond donors (Lipinski definition) is 1. The van der Waals surface area contributed by atoms with Crippen LogP contribution in [0.25, 0.3) is 11.3 Å². The van der Waals surface area contributed by atoms with Crippen LogP contribution in [0.4, 0.5) is 0 Å². The van der Waals surface area contributed by atoms with Crippen LogP contribution in [0.3, 0.4) is 0 Å². The van der Waals surface area contributed by atoms with E-state index in [0.717, 1.165) is 17.1 Å². The lowest BCUT2D eigenvalue weighted by molar-refractivity contribution is 0.0956. The van der Waals surface area contributed by atoms with Crippen LogP contribution < -0.4 is 5.32 Å². The molecule has 0 saturated heterocycles. The standard InChI is InChI=1S/C16H19NO2/c1-4-17-16(18)13-7-5-12(6-8-13)15-10-9-14(19-15)11(2)3/h5-11H,4H2,1-3H3,(H,17,18). The van der Waals surface area contributed by atoms with Gasteiger partial charge in [-0.3, -0.25) is 4.79 Å². The van der Waals surface area contributed by atoms with Crippen molar-refractivity contribution in [3.8, 4) is 11.3 Å². The molecule has 3 nitrogen and oxygen atoms in total. The minimum Gasteiger partial charge on any atom is -0.461 e. The van der Waals surface area contributed by atoms with Crippen LogP contribution in [0.1, 0.15) is 42.8 Å². The first-order valence-corrected chi connectivity index (χ1v) is 6.60. The summed E-state index contributed by atoms with van der Waals surface area (Å²) in [5.41, 5.74) is 1.65. The number of benzene rings is 1. The monoisotopic (exact) mass is 257 g/mol. The highest BCUT2D eigenvalue weighted by Gasteiger charge is 2.09. The molecule has 0 fully saturated rings. The van der Waals surface area contributed by atoms with Gasteiger partial charge in [-0.2, -0.15) is 0 Å². The van der Waals surface area contributed by atoms with Crippen molar-refractivity contribution < 1.29 is 9.21 Å². The maximum absolute atomic E-state index is 11.7. The van der Waals surface area contributed by atoms with Gasteiger partial charge in [0.25, 0.3) is 5.91 Å². The van der Waals surface area contributed by atoms with E-state index in [1.165, 1.54) is 0 Å². The molecule has 1 heterocycles. The molecule has 3 heteroatoms. The second-order valence-corrected chi connectivity index (χ2v) is 4.79. The van der Waals surface area contributed by atoms with E-state index in [1.807, 2.05) is 43.3 Å². The van der Waals surface area contributed by atoms with E-state index in [0.29, 0.717) is 18.0 Å². The fourth-order valence-corrected chi connectivity index (χ4v) is 1.87. The van der Waals surface area contributed by atoms with Crippen LogP contribution in [0.5, 0.6) is 0 Å². The van der Waals surface area contributed by atoms with Crippen molar-refractivity contribution in [3.63, 3.8) is 0 Å². The Morgan fingerprint density at radius 2 is 1.84 bits per heavy atom. The Kier molecular flexibility index (Phi) is 4.05. The Labute approximate surface area is 113 Å². The fraction of sp³-hybridized carbons (Fsp3) is 0.312. The lowest BCUT2D eigenvalue weighted by Gasteiger charge is -2.03. The smallest absolute Gasteiger partial charge is 0.251 e. The van der Waals surface area contributed by atoms with Gasteiger partial charge in [0.2, 0.25) is 0 Å². The zero-order valence-corrected chi connectivity index (χ0v) is 11.6. The van der Waals surface area contributed by atoms with Crippen LogP contribution in [0, 0.1) is 0 Å². The highest BCUT2D eigenvalue weighted by atomic mass is 16.3. The Hall–Kier alpha value is -2.03. The van der Waals surface area contributed by atoms with Crippen LogP contribution in [-0.2, 0) is 0 Å². The predicted molar refractivity (Wildman–Crippen MR) is 76.2 cm³/mol. The molecular weight excluding hydrogens is 238 g/mol. The van der Waals surface area contributed by atoms with Crippen LogP contribution in [0.15, 0.2) is 40.8 Å². The minimum atomic E-state index is -0.0450. The number of furan rings is 1. The summed E-state index contributed by atoms with van der Waals surface area (Å²) in [5, 5.41) is 2.78. The summed E-state index contributed by atoms with van der Waals surface area (Å²) in [6, 6.07) is 11.4. The van der Waals surface area contributed by atoms with Crippen molar-refractivity contribution in [2.45, 2.75) is 26.7 Å². The number of hydrogen-bond acceptors (Lipinski definition) is 2. The highest BCUT2D eigenvalue weighted by Crippen LogP contribution is 2.26. The number of carbonyl (C=O) groups excluding carboxylic acids is 1. The van der Waals surface area contributed by atoms with E-state index < -0.39 is 0 Å². The van der Waals surface area contributed by atoms with Crippen LogP contribution in [0.2, 0.25) is 0 Å². The third-order valence-electron chi connectivity index (χ3n) is 2.96. The average molecular weight is 257 g/mol. The van der Waals surface area contributed by atoms with Gasteiger partial charge < -0.3 is 9.73 Å². The van der Waals surface area contributed by atoms with E-state index in [-0.39, 0.29) is 5.91 Å². The van der Waals surface area contributed by atoms with E-state index in [1.54, 1.807) is 0 Å². The number of nitrogens with one attached hydrogen (secondary N) is 1. The van der Waals surface area contributed by atoms with Crippen molar-refractivity contribution in [2.24, 2.45) is 0 Å². The maximum atomic E-state index is 11.7. The van der Waals surface area contributed by atoms with Crippen molar-refractivity contribution in [2.75, 3.05) is 6.54 Å². The molecule has 2 rings (SSSR count). The topological polar surface area (TPSA) is 42.2 Å². The first kappa shape index (κ1) is 13.4. The Morgan fingerprint density at radius 1 is 1.16 bits per heavy atom. The summed E-state index contributed by atoms with van der Waals surface area (Å²) in [5.74, 6) is 2.15. The predicted octanol–water partition coefficient (Wildman–Crippen LogP) is 3.82. The first-order valence-electron chi connectivity index (χ1n) is 6.60. The molecule has 1 aromatic heterocycles. The third kappa shape index (κ3) is 3.05. The average Bonchev–Trinajstić information content (AvgIpc) is 2.89. The summed E-state index contributed by atoms with van der Waals surface area (Å²) >= 11 is 0. The summed E-state index contributed by atoms with van der Waals surface area (Å²) in [6.07, 6.45) is 0. The normalized spacial score (nSPS) is 10.7. The second-order valence-electron chi connectivity index (χ2n) is 4.79. The largest absolute Gasteiger partial charge is 0.461 e. The van der Waals surface area contributed by atoms with Crippen molar-refractivity contribution in [3.05, 3.63) is 47.7 Å². The molecule has 1 N–H and O–H groups in total. The molecule has 1 amide bonds. The summed E-state index contributed by atoms with van der Waals surface area (Å²) in [6.45, 7) is 6.74. The quantitative estimate of drug-likeness (QED) is 0.904. The molecule has 19 heavy (non-hydrogen) atoms. The van der Waals surface area contributed by atoms with Gasteiger partial charge in [-0.25, -0.2) is 0 Å². The molecule has 0 aliphatic heterocycles. The molecule has 0 saturated carbocycles. The summed E-state index contributed by atoms with van der Waals surface area (Å²) in [7, 11) is 0. The van der Waals surface area contributed by atoms with Gasteiger partial charge in [0.15, 0.2) is 0 Å². The van der Waals surface area contributed by atoms with Crippen LogP contribution >= 0.6 is 0 Å². The lowest BCUT2D eigenvalue weighted by atomic mass is 10.1. The number of amides is 1. The number of carbonyl (C=O) groups is 1. The first-order chi connectivity index (χ1) is 9.11. The van der Waals surface area contributed by atoms with E-state index in [2.05, 4.69) is 19.2 Å². The maximum Gasteiger partial charge on any atom is 0.251 e. The van der Waals surface area contributed by atoms with E-state index >= 15 is 0 Å². The van der Waals surface area contributed by atoms with Crippen molar-refractivity contribution in [1.29, 1.82) is 0 Å². The SMILES string of the molecule is CCNC(=O)c1ccc(-c2ccc(C(C)C)o2)cc1. The summed E-state index contributed by atoms with van der Waals surface area (Å²) < 4.78 is 5.78. The van der Waals surface area contributed by atoms with E-state index in [9.17, 15) is 4.79 Å². The zero-order chi connectivity index (χ0) is 13.8. The molecule has 0 aliphatic carbocycles. The Morgan fingerprint density at radius 3 is 2.37 bits per heavy atom. The summed E-state index contributed by atoms with van der Waals surface area (Å²) in [4.78, 5) is 11.7. The Bertz CT molecular complexity index is 552. The minimum absolute atomic E-state index is 0.0450. The zero-order valence-electron chi connectivity index (χ0n) is 11.6. The number of rotatable bonds is 4. The second kappa shape index (κ2) is 5.74. The molecule has 1 aromatic carbocycles. The molecule has 0 bridgehead atoms. The molecule has 0 atom stereocenters. The lowest BCUT2D eigenvalue weighted by Crippen LogP contribution is -2.22. The van der Waals surface area contributed by atoms with Crippen molar-refractivity contribution in [1.82, 2.24) is 5.32 Å². The molecule has 2 aromatic rings. The van der Waals surface area contributed by atoms with Crippen molar-refractivity contribution >= 4 is 5.91 Å². The molecular formula is C16H19NO2. The molecule has 0 aliphatic rings. The van der Waals surface area contributed by atoms with Gasteiger partial charge >= 0.3 is 0 Å². The molecule has 0 unspecified atom stereocenters. The van der Waals surface area contributed by atoms with Gasteiger partial charge in [-0.05, 0) is 31.2 Å². The van der Waals surface area contributed by atoms with E-state index in [4.69, 9.17) is 4.42 Å². The Balaban J connectivity index is 2.19. The van der Waals surface area contributed by atoms with Gasteiger partial charge in [-0.15, -0.1) is 0 Å². The third-order valence-corrected chi connectivity index (χ3v) is 2.96. The fourth-order valence-electron chi connectivity index (χ4n) is 1.87. The molecule has 100 valence electrons. The van der Waals surface area contributed by atoms with Gasteiger partial charge in [0.05, 0.1) is 0 Å².